The predicted molar refractivity (Wildman–Crippen MR) is 96.9 cm³/mol. The maximum absolute atomic E-state index is 12.1. The minimum atomic E-state index is -0.161. The Morgan fingerprint density at radius 3 is 2.84 bits per heavy atom. The number of para-hydroxylation sites is 1. The Balaban J connectivity index is 1.45. The molecule has 1 aliphatic heterocycles. The summed E-state index contributed by atoms with van der Waals surface area (Å²) in [4.78, 5) is 12.1. The standard InChI is InChI=1S/C19H26N4O2/c1-12(9-17-13(2)22-23(4)14(17)3)21-19(24)20-11-16-10-15-7-5-6-8-18(15)25-16/h5-8,12,16H,9-11H2,1-4H3,(H2,20,21,24)/t12-,16-/m1/s1. The molecule has 2 heterocycles. The van der Waals surface area contributed by atoms with Crippen LogP contribution in [0.2, 0.25) is 0 Å². The van der Waals surface area contributed by atoms with Crippen LogP contribution in [0.3, 0.4) is 0 Å². The molecule has 0 spiro atoms. The van der Waals surface area contributed by atoms with Crippen molar-refractivity contribution in [1.82, 2.24) is 20.4 Å². The molecule has 25 heavy (non-hydrogen) atoms. The van der Waals surface area contributed by atoms with Gasteiger partial charge in [0, 0.05) is 25.2 Å². The average Bonchev–Trinajstić information content (AvgIpc) is 3.09. The third-order valence-electron chi connectivity index (χ3n) is 4.75. The van der Waals surface area contributed by atoms with E-state index in [9.17, 15) is 4.79 Å². The van der Waals surface area contributed by atoms with Gasteiger partial charge in [-0.1, -0.05) is 18.2 Å². The topological polar surface area (TPSA) is 68.2 Å². The zero-order valence-electron chi connectivity index (χ0n) is 15.3. The number of rotatable bonds is 5. The fourth-order valence-corrected chi connectivity index (χ4v) is 3.32. The van der Waals surface area contributed by atoms with Gasteiger partial charge < -0.3 is 15.4 Å². The Morgan fingerprint density at radius 1 is 1.40 bits per heavy atom. The maximum Gasteiger partial charge on any atom is 0.315 e. The predicted octanol–water partition coefficient (Wildman–Crippen LogP) is 2.27. The molecule has 6 nitrogen and oxygen atoms in total. The average molecular weight is 342 g/mol. The van der Waals surface area contributed by atoms with E-state index in [1.807, 2.05) is 43.8 Å². The number of amides is 2. The van der Waals surface area contributed by atoms with Crippen molar-refractivity contribution in [2.45, 2.75) is 45.8 Å². The van der Waals surface area contributed by atoms with Crippen molar-refractivity contribution >= 4 is 6.03 Å². The lowest BCUT2D eigenvalue weighted by Gasteiger charge is -2.17. The number of hydrogen-bond acceptors (Lipinski definition) is 3. The molecule has 2 aromatic rings. The largest absolute Gasteiger partial charge is 0.488 e. The number of ether oxygens (including phenoxy) is 1. The summed E-state index contributed by atoms with van der Waals surface area (Å²) in [7, 11) is 1.94. The van der Waals surface area contributed by atoms with Gasteiger partial charge in [0.15, 0.2) is 0 Å². The fourth-order valence-electron chi connectivity index (χ4n) is 3.32. The van der Waals surface area contributed by atoms with Crippen LogP contribution in [-0.2, 0) is 19.9 Å². The van der Waals surface area contributed by atoms with Crippen molar-refractivity contribution in [2.24, 2.45) is 7.05 Å². The Hall–Kier alpha value is -2.50. The number of fused-ring (bicyclic) bond motifs is 1. The van der Waals surface area contributed by atoms with Crippen LogP contribution in [0.1, 0.15) is 29.4 Å². The minimum Gasteiger partial charge on any atom is -0.488 e. The Labute approximate surface area is 148 Å². The van der Waals surface area contributed by atoms with Crippen molar-refractivity contribution in [3.05, 3.63) is 46.8 Å². The summed E-state index contributed by atoms with van der Waals surface area (Å²) in [6.45, 7) is 6.56. The third-order valence-corrected chi connectivity index (χ3v) is 4.75. The van der Waals surface area contributed by atoms with Gasteiger partial charge in [-0.2, -0.15) is 5.10 Å². The van der Waals surface area contributed by atoms with Crippen molar-refractivity contribution in [3.8, 4) is 5.75 Å². The molecule has 1 aromatic carbocycles. The van der Waals surface area contributed by atoms with Gasteiger partial charge in [-0.05, 0) is 44.4 Å². The highest BCUT2D eigenvalue weighted by atomic mass is 16.5. The summed E-state index contributed by atoms with van der Waals surface area (Å²) in [5.74, 6) is 0.922. The van der Waals surface area contributed by atoms with E-state index >= 15 is 0 Å². The minimum absolute atomic E-state index is 0.00117. The summed E-state index contributed by atoms with van der Waals surface area (Å²) < 4.78 is 7.72. The van der Waals surface area contributed by atoms with Crippen LogP contribution in [0.5, 0.6) is 5.75 Å². The molecule has 2 N–H and O–H groups in total. The molecule has 0 saturated carbocycles. The van der Waals surface area contributed by atoms with Crippen molar-refractivity contribution in [3.63, 3.8) is 0 Å². The number of hydrogen-bond donors (Lipinski definition) is 2. The molecule has 0 aliphatic carbocycles. The summed E-state index contributed by atoms with van der Waals surface area (Å²) in [5.41, 5.74) is 4.56. The van der Waals surface area contributed by atoms with Crippen molar-refractivity contribution < 1.29 is 9.53 Å². The van der Waals surface area contributed by atoms with Gasteiger partial charge in [0.05, 0.1) is 12.2 Å². The SMILES string of the molecule is Cc1nn(C)c(C)c1C[C@@H](C)NC(=O)NC[C@H]1Cc2ccccc2O1. The molecule has 0 radical (unpaired) electrons. The van der Waals surface area contributed by atoms with Crippen LogP contribution in [0.15, 0.2) is 24.3 Å². The molecular formula is C19H26N4O2. The number of carbonyl (C=O) groups is 1. The number of carbonyl (C=O) groups excluding carboxylic acids is 1. The summed E-state index contributed by atoms with van der Waals surface area (Å²) in [6.07, 6.45) is 1.60. The molecule has 0 saturated heterocycles. The summed E-state index contributed by atoms with van der Waals surface area (Å²) >= 11 is 0. The molecule has 3 rings (SSSR count). The number of aryl methyl sites for hydroxylation is 2. The zero-order valence-corrected chi connectivity index (χ0v) is 15.3. The van der Waals surface area contributed by atoms with Crippen LogP contribution in [0, 0.1) is 13.8 Å². The molecule has 0 bridgehead atoms. The second-order valence-electron chi connectivity index (χ2n) is 6.78. The van der Waals surface area contributed by atoms with Crippen molar-refractivity contribution in [1.29, 1.82) is 0 Å². The molecule has 2 atom stereocenters. The van der Waals surface area contributed by atoms with E-state index in [0.717, 1.165) is 30.0 Å². The number of nitrogens with zero attached hydrogens (tertiary/aromatic N) is 2. The second-order valence-corrected chi connectivity index (χ2v) is 6.78. The molecule has 6 heteroatoms. The lowest BCUT2D eigenvalue weighted by molar-refractivity contribution is 0.212. The highest BCUT2D eigenvalue weighted by molar-refractivity contribution is 5.74. The summed E-state index contributed by atoms with van der Waals surface area (Å²) in [5, 5.41) is 10.3. The van der Waals surface area contributed by atoms with Gasteiger partial charge in [-0.3, -0.25) is 4.68 Å². The first-order valence-corrected chi connectivity index (χ1v) is 8.72. The number of aromatic nitrogens is 2. The highest BCUT2D eigenvalue weighted by Gasteiger charge is 2.23. The maximum atomic E-state index is 12.1. The summed E-state index contributed by atoms with van der Waals surface area (Å²) in [6, 6.07) is 7.88. The van der Waals surface area contributed by atoms with E-state index in [-0.39, 0.29) is 18.2 Å². The number of urea groups is 1. The molecular weight excluding hydrogens is 316 g/mol. The van der Waals surface area contributed by atoms with Crippen molar-refractivity contribution in [2.75, 3.05) is 6.54 Å². The first kappa shape index (κ1) is 17.3. The quantitative estimate of drug-likeness (QED) is 0.876. The molecule has 0 fully saturated rings. The molecule has 134 valence electrons. The van der Waals surface area contributed by atoms with Gasteiger partial charge in [-0.15, -0.1) is 0 Å². The normalized spacial score (nSPS) is 16.9. The Kier molecular flexibility index (Phi) is 4.97. The van der Waals surface area contributed by atoms with E-state index in [0.29, 0.717) is 6.54 Å². The lowest BCUT2D eigenvalue weighted by Crippen LogP contribution is -2.45. The monoisotopic (exact) mass is 342 g/mol. The number of benzene rings is 1. The molecule has 0 unspecified atom stereocenters. The first-order chi connectivity index (χ1) is 11.9. The van der Waals surface area contributed by atoms with Gasteiger partial charge >= 0.3 is 6.03 Å². The van der Waals surface area contributed by atoms with E-state index in [4.69, 9.17) is 4.74 Å². The smallest absolute Gasteiger partial charge is 0.315 e. The van der Waals surface area contributed by atoms with Crippen LogP contribution in [0.4, 0.5) is 4.79 Å². The first-order valence-electron chi connectivity index (χ1n) is 8.72. The van der Waals surface area contributed by atoms with E-state index < -0.39 is 0 Å². The second kappa shape index (κ2) is 7.17. The highest BCUT2D eigenvalue weighted by Crippen LogP contribution is 2.27. The van der Waals surface area contributed by atoms with Gasteiger partial charge in [-0.25, -0.2) is 4.79 Å². The van der Waals surface area contributed by atoms with Crippen LogP contribution in [-0.4, -0.2) is 34.5 Å². The van der Waals surface area contributed by atoms with E-state index in [1.54, 1.807) is 0 Å². The Morgan fingerprint density at radius 2 is 2.16 bits per heavy atom. The number of nitrogens with one attached hydrogen (secondary N) is 2. The van der Waals surface area contributed by atoms with Crippen LogP contribution in [0.25, 0.3) is 0 Å². The van der Waals surface area contributed by atoms with E-state index in [2.05, 4.69) is 28.7 Å². The van der Waals surface area contributed by atoms with E-state index in [1.165, 1.54) is 11.1 Å². The molecule has 2 amide bonds. The van der Waals surface area contributed by atoms with Crippen LogP contribution >= 0.6 is 0 Å². The van der Waals surface area contributed by atoms with Gasteiger partial charge in [0.2, 0.25) is 0 Å². The van der Waals surface area contributed by atoms with Gasteiger partial charge in [0.25, 0.3) is 0 Å². The zero-order chi connectivity index (χ0) is 18.0. The van der Waals surface area contributed by atoms with Gasteiger partial charge in [0.1, 0.15) is 11.9 Å². The Bertz CT molecular complexity index is 744. The third kappa shape index (κ3) is 3.95. The van der Waals surface area contributed by atoms with Crippen LogP contribution < -0.4 is 15.4 Å². The lowest BCUT2D eigenvalue weighted by atomic mass is 10.1. The molecule has 1 aliphatic rings. The molecule has 1 aromatic heterocycles. The fraction of sp³-hybridized carbons (Fsp3) is 0.474.